The lowest BCUT2D eigenvalue weighted by Gasteiger charge is -2.30. The molecule has 10 atom stereocenters. The maximum Gasteiger partial charge on any atom is 0.303 e. The third-order valence-electron chi connectivity index (χ3n) is 18.1. The zero-order valence-corrected chi connectivity index (χ0v) is 60.8. The summed E-state index contributed by atoms with van der Waals surface area (Å²) in [6.07, 6.45) is -0.412. The molecule has 12 amide bonds. The minimum Gasteiger partial charge on any atom is -0.508 e. The third-order valence-corrected chi connectivity index (χ3v) is 20.9. The number of hydrogen-bond acceptors (Lipinski definition) is 19. The number of rotatable bonds is 24. The van der Waals surface area contributed by atoms with Crippen LogP contribution in [0.3, 0.4) is 0 Å². The number of H-pyrrole nitrogens is 1. The number of nitrogens with two attached hydrogens (primary N) is 4. The number of aliphatic imine (C=N–C) groups is 1. The molecule has 22 N–H and O–H groups in total. The molecule has 3 fully saturated rings. The fourth-order valence-electron chi connectivity index (χ4n) is 12.5. The van der Waals surface area contributed by atoms with Gasteiger partial charge in [0.25, 0.3) is 0 Å². The monoisotopic (exact) mass is 1550 g/mol. The molecule has 7 rings (SSSR count). The number of carboxylic acid groups (broad SMARTS) is 2. The SMILES string of the molecule is NCCC(=O)N1CCC[C@H]1C(=O)N[C@@H](Cc1ccc(O)cc1)C(=O)N[C@H]1CSSC[C@@H](C(N)=O)NC(=O)[C@H](CCC(=O)O)NC(=O)[C@H](Cc2c[nH]c3ccc(F)cc23)NC(=O)[C@H](CCC(=O)O)NC(=O)CCNC(=O)[C@H](CCCN=C(N)N)NC(=O)[C@H](Cc2ccccc2Cl)NC(=O)[C@@H](C2CCCC2)NC1=O. The van der Waals surface area contributed by atoms with Gasteiger partial charge in [-0.3, -0.25) is 72.1 Å². The van der Waals surface area contributed by atoms with Crippen molar-refractivity contribution >= 4 is 133 Å². The first kappa shape index (κ1) is 84.0. The number of benzene rings is 3. The van der Waals surface area contributed by atoms with E-state index in [1.165, 1.54) is 41.4 Å². The van der Waals surface area contributed by atoms with E-state index in [9.17, 15) is 72.4 Å². The molecule has 34 nitrogen and oxygen atoms in total. The van der Waals surface area contributed by atoms with Gasteiger partial charge < -0.3 is 101 Å². The summed E-state index contributed by atoms with van der Waals surface area (Å²) in [5.74, 6) is -16.6. The Kier molecular flexibility index (Phi) is 32.6. The molecule has 2 aliphatic heterocycles. The van der Waals surface area contributed by atoms with Gasteiger partial charge in [0.05, 0.1) is 0 Å². The minimum absolute atomic E-state index is 0.00331. The molecule has 4 aromatic rings. The number of nitrogens with one attached hydrogen (secondary N) is 11. The van der Waals surface area contributed by atoms with E-state index >= 15 is 14.4 Å². The summed E-state index contributed by atoms with van der Waals surface area (Å²) in [6, 6.07) is 0.165. The lowest BCUT2D eigenvalue weighted by molar-refractivity contribution is -0.139. The highest BCUT2D eigenvalue weighted by Gasteiger charge is 2.41. The van der Waals surface area contributed by atoms with E-state index in [0.717, 1.165) is 33.7 Å². The average Bonchev–Trinajstić information content (AvgIpc) is 1.71. The van der Waals surface area contributed by atoms with Gasteiger partial charge in [-0.2, -0.15) is 0 Å². The molecule has 38 heteroatoms. The predicted molar refractivity (Wildman–Crippen MR) is 392 cm³/mol. The number of fused-ring (bicyclic) bond motifs is 1. The van der Waals surface area contributed by atoms with Crippen LogP contribution in [0.4, 0.5) is 4.39 Å². The second kappa shape index (κ2) is 41.6. The quantitative estimate of drug-likeness (QED) is 0.0169. The van der Waals surface area contributed by atoms with Crippen molar-refractivity contribution in [2.45, 2.75) is 170 Å². The van der Waals surface area contributed by atoms with Crippen LogP contribution in [0.5, 0.6) is 5.75 Å². The van der Waals surface area contributed by atoms with Gasteiger partial charge in [-0.15, -0.1) is 0 Å². The van der Waals surface area contributed by atoms with Crippen LogP contribution in [0.15, 0.2) is 77.9 Å². The molecule has 580 valence electrons. The first-order valence-electron chi connectivity index (χ1n) is 34.9. The fraction of sp³-hybridized carbons (Fsp3) is 0.493. The van der Waals surface area contributed by atoms with E-state index in [4.69, 9.17) is 34.5 Å². The number of carbonyl (C=O) groups is 14. The van der Waals surface area contributed by atoms with Crippen LogP contribution in [0.2, 0.25) is 5.02 Å². The van der Waals surface area contributed by atoms with E-state index in [1.54, 1.807) is 24.3 Å². The van der Waals surface area contributed by atoms with Gasteiger partial charge in [0, 0.05) is 105 Å². The van der Waals surface area contributed by atoms with Crippen LogP contribution in [0.1, 0.15) is 107 Å². The number of aromatic hydroxyl groups is 1. The van der Waals surface area contributed by atoms with E-state index in [1.807, 2.05) is 0 Å². The number of guanidine groups is 1. The Bertz CT molecular complexity index is 3900. The Morgan fingerprint density at radius 2 is 1.28 bits per heavy atom. The zero-order chi connectivity index (χ0) is 77.9. The lowest BCUT2D eigenvalue weighted by atomic mass is 9.95. The molecule has 3 aromatic carbocycles. The maximum absolute atomic E-state index is 15.3. The Balaban J connectivity index is 1.29. The molecule has 1 saturated carbocycles. The zero-order valence-electron chi connectivity index (χ0n) is 58.4. The highest BCUT2D eigenvalue weighted by molar-refractivity contribution is 8.76. The van der Waals surface area contributed by atoms with Crippen molar-refractivity contribution in [1.29, 1.82) is 0 Å². The maximum atomic E-state index is 15.3. The third kappa shape index (κ3) is 26.3. The second-order valence-corrected chi connectivity index (χ2v) is 29.0. The summed E-state index contributed by atoms with van der Waals surface area (Å²) < 4.78 is 14.8. The van der Waals surface area contributed by atoms with E-state index in [-0.39, 0.29) is 85.8 Å². The van der Waals surface area contributed by atoms with Crippen LogP contribution in [0.25, 0.3) is 10.9 Å². The van der Waals surface area contributed by atoms with Gasteiger partial charge in [0.1, 0.15) is 72.0 Å². The number of nitrogens with zero attached hydrogens (tertiary/aromatic N) is 2. The van der Waals surface area contributed by atoms with Gasteiger partial charge in [-0.05, 0) is 110 Å². The summed E-state index contributed by atoms with van der Waals surface area (Å²) in [5, 5.41) is 56.3. The Morgan fingerprint density at radius 3 is 1.93 bits per heavy atom. The van der Waals surface area contributed by atoms with Crippen molar-refractivity contribution in [2.24, 2.45) is 33.8 Å². The van der Waals surface area contributed by atoms with Gasteiger partial charge in [-0.25, -0.2) is 4.39 Å². The molecule has 0 bridgehead atoms. The van der Waals surface area contributed by atoms with Gasteiger partial charge >= 0.3 is 11.9 Å². The van der Waals surface area contributed by atoms with E-state index in [2.05, 4.69) is 63.1 Å². The van der Waals surface area contributed by atoms with Crippen LogP contribution >= 0.6 is 33.2 Å². The molecule has 1 aromatic heterocycles. The number of aliphatic carboxylic acids is 2. The molecular weight excluding hydrogens is 1460 g/mol. The van der Waals surface area contributed by atoms with Gasteiger partial charge in [0.2, 0.25) is 70.9 Å². The van der Waals surface area contributed by atoms with Crippen molar-refractivity contribution < 1.29 is 86.8 Å². The number of amides is 12. The number of aromatic amines is 1. The predicted octanol–water partition coefficient (Wildman–Crippen LogP) is -1.24. The normalized spacial score (nSPS) is 22.8. The first-order chi connectivity index (χ1) is 51.1. The lowest BCUT2D eigenvalue weighted by Crippen LogP contribution is -2.61. The molecule has 107 heavy (non-hydrogen) atoms. The molecular formula is C69H91ClFN17O17S2. The number of phenolic OH excluding ortho intramolecular Hbond substituents is 1. The van der Waals surface area contributed by atoms with Crippen molar-refractivity contribution in [2.75, 3.05) is 37.7 Å². The summed E-state index contributed by atoms with van der Waals surface area (Å²) in [6.45, 7) is -0.285. The van der Waals surface area contributed by atoms with E-state index in [0.29, 0.717) is 48.7 Å². The Morgan fingerprint density at radius 1 is 0.673 bits per heavy atom. The summed E-state index contributed by atoms with van der Waals surface area (Å²) in [4.78, 5) is 205. The van der Waals surface area contributed by atoms with E-state index < -0.39 is 212 Å². The highest BCUT2D eigenvalue weighted by Crippen LogP contribution is 2.30. The number of phenols is 1. The number of carboxylic acids is 2. The summed E-state index contributed by atoms with van der Waals surface area (Å²) in [7, 11) is 1.68. The standard InChI is InChI=1S/C69H91ClFN17O17S2/c70-43-10-4-3-9-38(43)30-49-64(101)80-45(11-5-26-77-69(74)75)60(97)76-27-24-54(90)79-46(19-21-56(92)93)61(98)82-50(31-39-33-78-44-18-15-40(71)32-42(39)44)65(102)81-47(20-22-57(94)95)62(99)85-51(59(73)96)34-106-107-35-52(66(103)87-58(68(105)84-49)37-7-1-2-8-37)86-63(100)48(29-36-13-16-41(89)17-14-36)83-67(104)53-12-6-28-88(53)55(91)23-25-72/h3-4,9-10,13-18,32-33,37,45-53,58,78,89H,1-2,5-8,11-12,19-31,34-35,72H2,(H2,73,96)(H,76,97)(H,79,90)(H,80,101)(H,81,102)(H,82,98)(H,83,104)(H,84,105)(H,85,99)(H,86,100)(H,87,103)(H,92,93)(H,94,95)(H4,74,75,77)/t45-,46-,47-,48-,49-,50-,51-,52-,53-,58+/m0/s1. The topological polar surface area (TPSA) is 555 Å². The summed E-state index contributed by atoms with van der Waals surface area (Å²) >= 11 is 6.68. The number of primary amides is 1. The van der Waals surface area contributed by atoms with Gasteiger partial charge in [-0.1, -0.05) is 76.4 Å². The number of aromatic nitrogens is 1. The second-order valence-electron chi connectivity index (χ2n) is 26.1. The molecule has 0 spiro atoms. The Labute approximate surface area is 627 Å². The average molecular weight is 1550 g/mol. The largest absolute Gasteiger partial charge is 0.508 e. The molecule has 3 heterocycles. The van der Waals surface area contributed by atoms with Crippen molar-refractivity contribution in [3.8, 4) is 5.75 Å². The van der Waals surface area contributed by atoms with Crippen molar-refractivity contribution in [3.63, 3.8) is 0 Å². The van der Waals surface area contributed by atoms with Crippen LogP contribution in [-0.2, 0) is 86.4 Å². The van der Waals surface area contributed by atoms with Crippen molar-refractivity contribution in [1.82, 2.24) is 63.1 Å². The fourth-order valence-corrected chi connectivity index (χ4v) is 15.1. The Hall–Kier alpha value is -10.3. The first-order valence-corrected chi connectivity index (χ1v) is 37.7. The number of carbonyl (C=O) groups excluding carboxylic acids is 12. The number of hydrogen-bond donors (Lipinski definition) is 18. The van der Waals surface area contributed by atoms with Gasteiger partial charge in [0.15, 0.2) is 5.96 Å². The van der Waals surface area contributed by atoms with Crippen molar-refractivity contribution in [3.05, 3.63) is 100 Å². The molecule has 0 unspecified atom stereocenters. The van der Waals surface area contributed by atoms with Crippen LogP contribution < -0.4 is 76.1 Å². The highest BCUT2D eigenvalue weighted by atomic mass is 35.5. The number of likely N-dealkylation sites (tertiary alicyclic amines) is 1. The minimum atomic E-state index is -1.82. The smallest absolute Gasteiger partial charge is 0.303 e. The van der Waals surface area contributed by atoms with Crippen LogP contribution in [-0.4, -0.2) is 212 Å². The molecule has 2 saturated heterocycles. The number of halogens is 2. The van der Waals surface area contributed by atoms with Crippen LogP contribution in [0, 0.1) is 11.7 Å². The molecule has 3 aliphatic rings. The summed E-state index contributed by atoms with van der Waals surface area (Å²) in [5.41, 5.74) is 24.1. The molecule has 1 aliphatic carbocycles. The molecule has 0 radical (unpaired) electrons.